The van der Waals surface area contributed by atoms with Crippen molar-refractivity contribution in [1.82, 2.24) is 5.32 Å². The van der Waals surface area contributed by atoms with Gasteiger partial charge in [0, 0.05) is 5.92 Å². The molecule has 0 radical (unpaired) electrons. The molecule has 1 saturated heterocycles. The quantitative estimate of drug-likeness (QED) is 0.770. The topological polar surface area (TPSA) is 25.2 Å². The van der Waals surface area contributed by atoms with Crippen LogP contribution in [-0.2, 0) is 0 Å². The van der Waals surface area contributed by atoms with E-state index in [1.54, 1.807) is 6.26 Å². The van der Waals surface area contributed by atoms with Crippen molar-refractivity contribution in [3.05, 3.63) is 24.2 Å². The van der Waals surface area contributed by atoms with E-state index >= 15 is 0 Å². The molecule has 1 aromatic heterocycles. The highest BCUT2D eigenvalue weighted by molar-refractivity contribution is 5.04. The first-order valence-corrected chi connectivity index (χ1v) is 5.10. The van der Waals surface area contributed by atoms with Crippen LogP contribution in [0.3, 0.4) is 0 Å². The lowest BCUT2D eigenvalue weighted by Crippen LogP contribution is -2.10. The standard InChI is InChI=1S/C11H17NO/c1-9(11-3-2-6-13-11)7-10-4-5-12-8-10/h2-3,6,9-10,12H,4-5,7-8H2,1H3. The van der Waals surface area contributed by atoms with Crippen LogP contribution in [0.5, 0.6) is 0 Å². The number of furan rings is 1. The predicted molar refractivity (Wildman–Crippen MR) is 52.7 cm³/mol. The number of nitrogens with one attached hydrogen (secondary N) is 1. The summed E-state index contributed by atoms with van der Waals surface area (Å²) >= 11 is 0. The number of hydrogen-bond acceptors (Lipinski definition) is 2. The fourth-order valence-electron chi connectivity index (χ4n) is 2.10. The molecule has 1 N–H and O–H groups in total. The fraction of sp³-hybridized carbons (Fsp3) is 0.636. The zero-order valence-electron chi connectivity index (χ0n) is 8.12. The molecule has 2 rings (SSSR count). The minimum atomic E-state index is 0.569. The largest absolute Gasteiger partial charge is 0.469 e. The monoisotopic (exact) mass is 179 g/mol. The van der Waals surface area contributed by atoms with Gasteiger partial charge in [-0.2, -0.15) is 0 Å². The third kappa shape index (κ3) is 2.13. The van der Waals surface area contributed by atoms with Crippen LogP contribution in [0.2, 0.25) is 0 Å². The van der Waals surface area contributed by atoms with Crippen LogP contribution in [0.4, 0.5) is 0 Å². The molecular formula is C11H17NO. The second-order valence-electron chi connectivity index (χ2n) is 4.01. The lowest BCUT2D eigenvalue weighted by atomic mass is 9.93. The maximum atomic E-state index is 5.39. The second-order valence-corrected chi connectivity index (χ2v) is 4.01. The van der Waals surface area contributed by atoms with E-state index in [4.69, 9.17) is 4.42 Å². The molecule has 0 aliphatic carbocycles. The maximum Gasteiger partial charge on any atom is 0.106 e. The van der Waals surface area contributed by atoms with E-state index in [9.17, 15) is 0 Å². The molecule has 0 spiro atoms. The summed E-state index contributed by atoms with van der Waals surface area (Å²) < 4.78 is 5.39. The zero-order chi connectivity index (χ0) is 9.10. The average molecular weight is 179 g/mol. The molecule has 2 unspecified atom stereocenters. The van der Waals surface area contributed by atoms with E-state index in [1.807, 2.05) is 6.07 Å². The molecule has 0 aromatic carbocycles. The lowest BCUT2D eigenvalue weighted by Gasteiger charge is -2.13. The van der Waals surface area contributed by atoms with Gasteiger partial charge in [0.25, 0.3) is 0 Å². The van der Waals surface area contributed by atoms with Gasteiger partial charge in [-0.1, -0.05) is 6.92 Å². The smallest absolute Gasteiger partial charge is 0.106 e. The average Bonchev–Trinajstić information content (AvgIpc) is 2.74. The van der Waals surface area contributed by atoms with Gasteiger partial charge >= 0.3 is 0 Å². The van der Waals surface area contributed by atoms with Gasteiger partial charge in [-0.3, -0.25) is 0 Å². The SMILES string of the molecule is CC(CC1CCNC1)c1ccco1. The Morgan fingerprint density at radius 3 is 3.23 bits per heavy atom. The molecule has 13 heavy (non-hydrogen) atoms. The normalized spacial score (nSPS) is 24.8. The highest BCUT2D eigenvalue weighted by Gasteiger charge is 2.19. The summed E-state index contributed by atoms with van der Waals surface area (Å²) in [5.74, 6) is 2.55. The van der Waals surface area contributed by atoms with Crippen LogP contribution in [0.15, 0.2) is 22.8 Å². The first kappa shape index (κ1) is 8.82. The van der Waals surface area contributed by atoms with Crippen LogP contribution >= 0.6 is 0 Å². The maximum absolute atomic E-state index is 5.39. The van der Waals surface area contributed by atoms with Crippen molar-refractivity contribution in [3.8, 4) is 0 Å². The molecule has 2 heteroatoms. The first-order valence-electron chi connectivity index (χ1n) is 5.10. The summed E-state index contributed by atoms with van der Waals surface area (Å²) in [5, 5.41) is 3.39. The molecule has 72 valence electrons. The molecule has 2 atom stereocenters. The highest BCUT2D eigenvalue weighted by Crippen LogP contribution is 2.26. The van der Waals surface area contributed by atoms with Crippen LogP contribution in [0, 0.1) is 5.92 Å². The van der Waals surface area contributed by atoms with Crippen LogP contribution in [0.1, 0.15) is 31.4 Å². The summed E-state index contributed by atoms with van der Waals surface area (Å²) in [6, 6.07) is 4.05. The van der Waals surface area contributed by atoms with Gasteiger partial charge < -0.3 is 9.73 Å². The summed E-state index contributed by atoms with van der Waals surface area (Å²) in [5.41, 5.74) is 0. The summed E-state index contributed by atoms with van der Waals surface area (Å²) in [6.07, 6.45) is 4.34. The molecule has 0 saturated carbocycles. The van der Waals surface area contributed by atoms with Crippen LogP contribution in [-0.4, -0.2) is 13.1 Å². The molecule has 0 amide bonds. The van der Waals surface area contributed by atoms with Gasteiger partial charge in [-0.05, 0) is 44.0 Å². The Hall–Kier alpha value is -0.760. The molecule has 0 bridgehead atoms. The minimum absolute atomic E-state index is 0.569. The molecule has 1 aliphatic rings. The van der Waals surface area contributed by atoms with E-state index < -0.39 is 0 Å². The van der Waals surface area contributed by atoms with Gasteiger partial charge in [-0.15, -0.1) is 0 Å². The van der Waals surface area contributed by atoms with Crippen molar-refractivity contribution in [2.24, 2.45) is 5.92 Å². The van der Waals surface area contributed by atoms with Crippen LogP contribution < -0.4 is 5.32 Å². The number of hydrogen-bond donors (Lipinski definition) is 1. The van der Waals surface area contributed by atoms with E-state index in [0.717, 1.165) is 11.7 Å². The van der Waals surface area contributed by atoms with E-state index in [-0.39, 0.29) is 0 Å². The predicted octanol–water partition coefficient (Wildman–Crippen LogP) is 2.38. The van der Waals surface area contributed by atoms with Crippen molar-refractivity contribution in [1.29, 1.82) is 0 Å². The lowest BCUT2D eigenvalue weighted by molar-refractivity contribution is 0.411. The van der Waals surface area contributed by atoms with Crippen molar-refractivity contribution in [2.75, 3.05) is 13.1 Å². The van der Waals surface area contributed by atoms with E-state index in [1.165, 1.54) is 25.9 Å². The minimum Gasteiger partial charge on any atom is -0.469 e. The van der Waals surface area contributed by atoms with Crippen molar-refractivity contribution in [2.45, 2.75) is 25.7 Å². The Morgan fingerprint density at radius 1 is 1.69 bits per heavy atom. The first-order chi connectivity index (χ1) is 6.36. The van der Waals surface area contributed by atoms with Gasteiger partial charge in [0.05, 0.1) is 6.26 Å². The number of rotatable bonds is 3. The Bertz CT molecular complexity index is 237. The van der Waals surface area contributed by atoms with Gasteiger partial charge in [0.2, 0.25) is 0 Å². The molecule has 1 fully saturated rings. The summed E-state index contributed by atoms with van der Waals surface area (Å²) in [7, 11) is 0. The Kier molecular flexibility index (Phi) is 2.69. The van der Waals surface area contributed by atoms with Crippen molar-refractivity contribution < 1.29 is 4.42 Å². The summed E-state index contributed by atoms with van der Waals surface area (Å²) in [6.45, 7) is 4.62. The Balaban J connectivity index is 1.87. The van der Waals surface area contributed by atoms with Crippen molar-refractivity contribution in [3.63, 3.8) is 0 Å². The molecular weight excluding hydrogens is 162 g/mol. The molecule has 1 aliphatic heterocycles. The molecule has 2 heterocycles. The van der Waals surface area contributed by atoms with Gasteiger partial charge in [-0.25, -0.2) is 0 Å². The van der Waals surface area contributed by atoms with Crippen LogP contribution in [0.25, 0.3) is 0 Å². The third-order valence-electron chi connectivity index (χ3n) is 2.88. The second kappa shape index (κ2) is 3.97. The van der Waals surface area contributed by atoms with Gasteiger partial charge in [0.1, 0.15) is 5.76 Å². The van der Waals surface area contributed by atoms with E-state index in [0.29, 0.717) is 5.92 Å². The van der Waals surface area contributed by atoms with E-state index in [2.05, 4.69) is 18.3 Å². The van der Waals surface area contributed by atoms with Gasteiger partial charge in [0.15, 0.2) is 0 Å². The fourth-order valence-corrected chi connectivity index (χ4v) is 2.10. The third-order valence-corrected chi connectivity index (χ3v) is 2.88. The Morgan fingerprint density at radius 2 is 2.62 bits per heavy atom. The Labute approximate surface area is 79.3 Å². The zero-order valence-corrected chi connectivity index (χ0v) is 8.12. The molecule has 1 aromatic rings. The summed E-state index contributed by atoms with van der Waals surface area (Å²) in [4.78, 5) is 0. The molecule has 2 nitrogen and oxygen atoms in total. The van der Waals surface area contributed by atoms with Crippen molar-refractivity contribution >= 4 is 0 Å². The highest BCUT2D eigenvalue weighted by atomic mass is 16.3.